The van der Waals surface area contributed by atoms with Gasteiger partial charge < -0.3 is 9.64 Å². The second-order valence-electron chi connectivity index (χ2n) is 4.15. The van der Waals surface area contributed by atoms with E-state index in [1.165, 1.54) is 6.07 Å². The van der Waals surface area contributed by atoms with Gasteiger partial charge in [0, 0.05) is 29.3 Å². The molecular weight excluding hydrogens is 324 g/mol. The molecule has 0 heterocycles. The Labute approximate surface area is 125 Å². The summed E-state index contributed by atoms with van der Waals surface area (Å²) in [4.78, 5) is 12.5. The van der Waals surface area contributed by atoms with Gasteiger partial charge in [-0.3, -0.25) is 10.1 Å². The molecule has 5 nitrogen and oxygen atoms in total. The van der Waals surface area contributed by atoms with Crippen LogP contribution in [0.3, 0.4) is 0 Å². The minimum atomic E-state index is -0.392. The predicted molar refractivity (Wildman–Crippen MR) is 81.9 cm³/mol. The Hall–Kier alpha value is -2.08. The van der Waals surface area contributed by atoms with E-state index >= 15 is 0 Å². The van der Waals surface area contributed by atoms with Gasteiger partial charge in [0.1, 0.15) is 11.4 Å². The van der Waals surface area contributed by atoms with Gasteiger partial charge in [0.2, 0.25) is 0 Å². The van der Waals surface area contributed by atoms with Crippen LogP contribution in [0.4, 0.5) is 17.1 Å². The number of nitro groups is 1. The summed E-state index contributed by atoms with van der Waals surface area (Å²) in [5.41, 5.74) is 1.38. The highest BCUT2D eigenvalue weighted by Gasteiger charge is 2.18. The lowest BCUT2D eigenvalue weighted by Crippen LogP contribution is -2.11. The average Bonchev–Trinajstić information content (AvgIpc) is 2.46. The molecule has 0 spiro atoms. The first-order valence-corrected chi connectivity index (χ1v) is 6.64. The lowest BCUT2D eigenvalue weighted by molar-refractivity contribution is -0.384. The summed E-state index contributed by atoms with van der Waals surface area (Å²) in [5, 5.41) is 11.2. The Kier molecular flexibility index (Phi) is 4.24. The molecule has 0 radical (unpaired) electrons. The minimum Gasteiger partial charge on any atom is -0.497 e. The van der Waals surface area contributed by atoms with Crippen LogP contribution in [0.2, 0.25) is 0 Å². The first kappa shape index (κ1) is 14.3. The Balaban J connectivity index is 2.47. The molecule has 2 rings (SSSR count). The van der Waals surface area contributed by atoms with Gasteiger partial charge >= 0.3 is 0 Å². The number of hydrogen-bond acceptors (Lipinski definition) is 4. The van der Waals surface area contributed by atoms with Crippen LogP contribution in [-0.2, 0) is 0 Å². The molecule has 104 valence electrons. The number of halogens is 1. The van der Waals surface area contributed by atoms with E-state index in [0.717, 1.165) is 5.69 Å². The van der Waals surface area contributed by atoms with Gasteiger partial charge in [-0.1, -0.05) is 22.0 Å². The van der Waals surface area contributed by atoms with Crippen LogP contribution in [0.15, 0.2) is 46.9 Å². The van der Waals surface area contributed by atoms with E-state index in [1.54, 1.807) is 31.2 Å². The van der Waals surface area contributed by atoms with Crippen molar-refractivity contribution in [3.05, 3.63) is 57.1 Å². The van der Waals surface area contributed by atoms with Crippen LogP contribution in [0.5, 0.6) is 5.75 Å². The van der Waals surface area contributed by atoms with Gasteiger partial charge in [-0.15, -0.1) is 0 Å². The summed E-state index contributed by atoms with van der Waals surface area (Å²) in [5.74, 6) is 0.703. The third-order valence-corrected chi connectivity index (χ3v) is 3.43. The number of benzene rings is 2. The number of rotatable bonds is 4. The zero-order chi connectivity index (χ0) is 14.7. The second-order valence-corrected chi connectivity index (χ2v) is 5.07. The molecule has 0 fully saturated rings. The van der Waals surface area contributed by atoms with E-state index < -0.39 is 4.92 Å². The largest absolute Gasteiger partial charge is 0.497 e. The van der Waals surface area contributed by atoms with E-state index in [1.807, 2.05) is 24.3 Å². The van der Waals surface area contributed by atoms with Crippen LogP contribution in [0.1, 0.15) is 0 Å². The van der Waals surface area contributed by atoms with E-state index in [-0.39, 0.29) is 5.69 Å². The summed E-state index contributed by atoms with van der Waals surface area (Å²) < 4.78 is 5.84. The molecule has 0 unspecified atom stereocenters. The maximum atomic E-state index is 11.2. The first-order chi connectivity index (χ1) is 9.52. The number of nitro benzene ring substituents is 1. The van der Waals surface area contributed by atoms with Gasteiger partial charge in [-0.2, -0.15) is 0 Å². The Morgan fingerprint density at radius 3 is 2.65 bits per heavy atom. The fourth-order valence-corrected chi connectivity index (χ4v) is 2.23. The van der Waals surface area contributed by atoms with Crippen molar-refractivity contribution in [3.63, 3.8) is 0 Å². The fourth-order valence-electron chi connectivity index (χ4n) is 1.88. The fraction of sp³-hybridized carbons (Fsp3) is 0.143. The van der Waals surface area contributed by atoms with Gasteiger partial charge in [0.15, 0.2) is 0 Å². The maximum Gasteiger partial charge on any atom is 0.293 e. The summed E-state index contributed by atoms with van der Waals surface area (Å²) in [6.07, 6.45) is 0. The third kappa shape index (κ3) is 2.91. The van der Waals surface area contributed by atoms with Crippen molar-refractivity contribution in [2.45, 2.75) is 0 Å². The summed E-state index contributed by atoms with van der Waals surface area (Å²) in [6, 6.07) is 12.3. The molecule has 0 aliphatic heterocycles. The monoisotopic (exact) mass is 336 g/mol. The molecular formula is C14H13BrN2O3. The van der Waals surface area contributed by atoms with Crippen LogP contribution >= 0.6 is 15.9 Å². The van der Waals surface area contributed by atoms with Crippen LogP contribution in [0, 0.1) is 10.1 Å². The lowest BCUT2D eigenvalue weighted by atomic mass is 10.2. The number of anilines is 2. The summed E-state index contributed by atoms with van der Waals surface area (Å²) >= 11 is 3.25. The molecule has 0 amide bonds. The molecule has 2 aromatic rings. The molecule has 0 aliphatic carbocycles. The highest BCUT2D eigenvalue weighted by atomic mass is 79.9. The molecule has 20 heavy (non-hydrogen) atoms. The van der Waals surface area contributed by atoms with Gasteiger partial charge in [0.25, 0.3) is 5.69 Å². The second kappa shape index (κ2) is 5.92. The van der Waals surface area contributed by atoms with Gasteiger partial charge in [-0.25, -0.2) is 0 Å². The molecule has 0 saturated heterocycles. The number of nitrogens with zero attached hydrogens (tertiary/aromatic N) is 2. The number of hydrogen-bond donors (Lipinski definition) is 0. The highest BCUT2D eigenvalue weighted by molar-refractivity contribution is 9.10. The molecule has 0 bridgehead atoms. The van der Waals surface area contributed by atoms with Crippen molar-refractivity contribution in [1.82, 2.24) is 0 Å². The number of methoxy groups -OCH3 is 1. The minimum absolute atomic E-state index is 0.0460. The smallest absolute Gasteiger partial charge is 0.293 e. The molecule has 2 aromatic carbocycles. The van der Waals surface area contributed by atoms with Crippen LogP contribution in [0.25, 0.3) is 0 Å². The quantitative estimate of drug-likeness (QED) is 0.622. The first-order valence-electron chi connectivity index (χ1n) is 5.84. The normalized spacial score (nSPS) is 10.2. The average molecular weight is 337 g/mol. The Morgan fingerprint density at radius 2 is 2.00 bits per heavy atom. The topological polar surface area (TPSA) is 55.6 Å². The molecule has 0 N–H and O–H groups in total. The Bertz CT molecular complexity index is 646. The highest BCUT2D eigenvalue weighted by Crippen LogP contribution is 2.35. The molecule has 0 saturated carbocycles. The summed E-state index contributed by atoms with van der Waals surface area (Å²) in [7, 11) is 3.37. The third-order valence-electron chi connectivity index (χ3n) is 2.94. The van der Waals surface area contributed by atoms with Crippen molar-refractivity contribution < 1.29 is 9.66 Å². The van der Waals surface area contributed by atoms with Crippen LogP contribution < -0.4 is 9.64 Å². The zero-order valence-electron chi connectivity index (χ0n) is 11.0. The standard InChI is InChI=1S/C14H13BrN2O3/c1-16(11-4-3-5-12(9-11)20-2)13-7-6-10(15)8-14(13)17(18)19/h3-9H,1-2H3. The van der Waals surface area contributed by atoms with Gasteiger partial charge in [0.05, 0.1) is 12.0 Å². The molecule has 0 atom stereocenters. The van der Waals surface area contributed by atoms with Gasteiger partial charge in [-0.05, 0) is 24.3 Å². The molecule has 6 heteroatoms. The van der Waals surface area contributed by atoms with Crippen molar-refractivity contribution in [2.75, 3.05) is 19.1 Å². The van der Waals surface area contributed by atoms with E-state index in [4.69, 9.17) is 4.74 Å². The number of ether oxygens (including phenoxy) is 1. The van der Waals surface area contributed by atoms with Crippen molar-refractivity contribution in [3.8, 4) is 5.75 Å². The predicted octanol–water partition coefficient (Wildman–Crippen LogP) is 4.13. The maximum absolute atomic E-state index is 11.2. The molecule has 0 aromatic heterocycles. The van der Waals surface area contributed by atoms with Crippen molar-refractivity contribution in [1.29, 1.82) is 0 Å². The lowest BCUT2D eigenvalue weighted by Gasteiger charge is -2.20. The van der Waals surface area contributed by atoms with E-state index in [2.05, 4.69) is 15.9 Å². The SMILES string of the molecule is COc1cccc(N(C)c2ccc(Br)cc2[N+](=O)[O-])c1. The summed E-state index contributed by atoms with van der Waals surface area (Å²) in [6.45, 7) is 0. The van der Waals surface area contributed by atoms with E-state index in [9.17, 15) is 10.1 Å². The Morgan fingerprint density at radius 1 is 1.25 bits per heavy atom. The van der Waals surface area contributed by atoms with Crippen molar-refractivity contribution in [2.24, 2.45) is 0 Å². The zero-order valence-corrected chi connectivity index (χ0v) is 12.6. The van der Waals surface area contributed by atoms with Crippen LogP contribution in [-0.4, -0.2) is 19.1 Å². The molecule has 0 aliphatic rings. The van der Waals surface area contributed by atoms with Crippen molar-refractivity contribution >= 4 is 33.0 Å². The van der Waals surface area contributed by atoms with E-state index in [0.29, 0.717) is 15.9 Å².